The van der Waals surface area contributed by atoms with Crippen LogP contribution in [0, 0.1) is 0 Å². The lowest BCUT2D eigenvalue weighted by Crippen LogP contribution is -2.19. The summed E-state index contributed by atoms with van der Waals surface area (Å²) in [5.41, 5.74) is -0.250. The van der Waals surface area contributed by atoms with E-state index in [9.17, 15) is 35.9 Å². The maximum atomic E-state index is 11.5. The van der Waals surface area contributed by atoms with Gasteiger partial charge in [0.2, 0.25) is 0 Å². The van der Waals surface area contributed by atoms with Crippen molar-refractivity contribution >= 4 is 11.9 Å². The number of esters is 2. The third kappa shape index (κ3) is 8.71. The molecule has 0 aliphatic carbocycles. The molecule has 0 saturated heterocycles. The summed E-state index contributed by atoms with van der Waals surface area (Å²) in [4.78, 5) is 21.4. The van der Waals surface area contributed by atoms with E-state index < -0.39 is 24.7 Å². The summed E-state index contributed by atoms with van der Waals surface area (Å²) in [6, 6.07) is 14.0. The van der Waals surface area contributed by atoms with Crippen molar-refractivity contribution in [1.29, 1.82) is 0 Å². The van der Waals surface area contributed by atoms with Gasteiger partial charge in [0.1, 0.15) is 0 Å². The average Bonchev–Trinajstić information content (AvgIpc) is 2.54. The molecule has 0 radical (unpaired) electrons. The van der Waals surface area contributed by atoms with E-state index in [-0.39, 0.29) is 11.1 Å². The molecule has 4 nitrogen and oxygen atoms in total. The number of ether oxygens (including phenoxy) is 2. The summed E-state index contributed by atoms with van der Waals surface area (Å²) < 4.78 is 75.7. The van der Waals surface area contributed by atoms with Crippen molar-refractivity contribution in [3.63, 3.8) is 0 Å². The average molecular weight is 380 g/mol. The molecule has 0 atom stereocenters. The molecule has 0 saturated carbocycles. The Hall–Kier alpha value is -3.04. The summed E-state index contributed by atoms with van der Waals surface area (Å²) in [6.07, 6.45) is -9.85. The van der Waals surface area contributed by atoms with E-state index in [4.69, 9.17) is 0 Å². The SMILES string of the molecule is O=C(OC(F)(F)F)c1ccccc1.O=C(OC(F)(F)F)c1ccccc1. The predicted octanol–water partition coefficient (Wildman–Crippen LogP) is 4.73. The van der Waals surface area contributed by atoms with Crippen LogP contribution in [-0.2, 0) is 9.47 Å². The Balaban J connectivity index is 0.000000260. The molecule has 2 aromatic carbocycles. The first-order chi connectivity index (χ1) is 12.0. The molecule has 140 valence electrons. The zero-order valence-electron chi connectivity index (χ0n) is 12.7. The molecular formula is C16H10F6O4. The van der Waals surface area contributed by atoms with E-state index in [0.29, 0.717) is 0 Å². The molecule has 0 N–H and O–H groups in total. The van der Waals surface area contributed by atoms with Crippen LogP contribution < -0.4 is 0 Å². The summed E-state index contributed by atoms with van der Waals surface area (Å²) in [5, 5.41) is 0. The Morgan fingerprint density at radius 1 is 0.577 bits per heavy atom. The van der Waals surface area contributed by atoms with Crippen LogP contribution in [0.5, 0.6) is 0 Å². The molecule has 0 aliphatic heterocycles. The third-order valence-electron chi connectivity index (χ3n) is 2.44. The first kappa shape index (κ1) is 21.0. The van der Waals surface area contributed by atoms with Gasteiger partial charge in [-0.1, -0.05) is 36.4 Å². The molecule has 0 aromatic heterocycles. The number of carbonyl (C=O) groups excluding carboxylic acids is 2. The number of hydrogen-bond acceptors (Lipinski definition) is 4. The molecule has 2 rings (SSSR count). The molecule has 0 bridgehead atoms. The molecule has 0 unspecified atom stereocenters. The summed E-state index contributed by atoms with van der Waals surface area (Å²) in [7, 11) is 0. The minimum atomic E-state index is -4.92. The number of rotatable bonds is 2. The Morgan fingerprint density at radius 2 is 0.846 bits per heavy atom. The van der Waals surface area contributed by atoms with Gasteiger partial charge >= 0.3 is 24.7 Å². The number of alkyl halides is 6. The van der Waals surface area contributed by atoms with E-state index in [1.807, 2.05) is 0 Å². The second-order valence-electron chi connectivity index (χ2n) is 4.40. The minimum absolute atomic E-state index is 0.125. The van der Waals surface area contributed by atoms with Gasteiger partial charge in [-0.25, -0.2) is 9.59 Å². The van der Waals surface area contributed by atoms with Crippen LogP contribution in [0.1, 0.15) is 20.7 Å². The van der Waals surface area contributed by atoms with Gasteiger partial charge in [-0.3, -0.25) is 0 Å². The van der Waals surface area contributed by atoms with Crippen LogP contribution in [0.25, 0.3) is 0 Å². The Kier molecular flexibility index (Phi) is 7.17. The van der Waals surface area contributed by atoms with Gasteiger partial charge < -0.3 is 9.47 Å². The van der Waals surface area contributed by atoms with Crippen molar-refractivity contribution in [2.45, 2.75) is 12.7 Å². The van der Waals surface area contributed by atoms with Crippen molar-refractivity contribution in [3.8, 4) is 0 Å². The fourth-order valence-corrected chi connectivity index (χ4v) is 1.48. The maximum absolute atomic E-state index is 11.5. The first-order valence-electron chi connectivity index (χ1n) is 6.68. The normalized spacial score (nSPS) is 11.0. The highest BCUT2D eigenvalue weighted by Gasteiger charge is 2.34. The van der Waals surface area contributed by atoms with E-state index in [1.165, 1.54) is 48.5 Å². The van der Waals surface area contributed by atoms with Gasteiger partial charge in [0, 0.05) is 0 Å². The Bertz CT molecular complexity index is 648. The van der Waals surface area contributed by atoms with Crippen LogP contribution in [0.4, 0.5) is 26.3 Å². The van der Waals surface area contributed by atoms with Crippen molar-refractivity contribution in [3.05, 3.63) is 71.8 Å². The number of benzene rings is 2. The lowest BCUT2D eigenvalue weighted by molar-refractivity contribution is -0.293. The predicted molar refractivity (Wildman–Crippen MR) is 75.8 cm³/mol. The van der Waals surface area contributed by atoms with Gasteiger partial charge in [0.25, 0.3) is 0 Å². The Morgan fingerprint density at radius 3 is 1.08 bits per heavy atom. The smallest absolute Gasteiger partial charge is 0.369 e. The molecule has 0 amide bonds. The second-order valence-corrected chi connectivity index (χ2v) is 4.40. The minimum Gasteiger partial charge on any atom is -0.369 e. The van der Waals surface area contributed by atoms with Crippen LogP contribution in [0.15, 0.2) is 60.7 Å². The fraction of sp³-hybridized carbons (Fsp3) is 0.125. The second kappa shape index (κ2) is 8.88. The van der Waals surface area contributed by atoms with Crippen molar-refractivity contribution in [2.75, 3.05) is 0 Å². The fourth-order valence-electron chi connectivity index (χ4n) is 1.48. The van der Waals surface area contributed by atoms with Crippen molar-refractivity contribution in [2.24, 2.45) is 0 Å². The quantitative estimate of drug-likeness (QED) is 0.559. The van der Waals surface area contributed by atoms with E-state index in [2.05, 4.69) is 9.47 Å². The van der Waals surface area contributed by atoms with E-state index in [0.717, 1.165) is 0 Å². The van der Waals surface area contributed by atoms with Gasteiger partial charge in [-0.2, -0.15) is 0 Å². The summed E-state index contributed by atoms with van der Waals surface area (Å²) in [5.74, 6) is -2.79. The monoisotopic (exact) mass is 380 g/mol. The Labute approximate surface area is 142 Å². The summed E-state index contributed by atoms with van der Waals surface area (Å²) in [6.45, 7) is 0. The highest BCUT2D eigenvalue weighted by molar-refractivity contribution is 5.89. The lowest BCUT2D eigenvalue weighted by atomic mass is 10.2. The molecule has 0 aliphatic rings. The van der Waals surface area contributed by atoms with Gasteiger partial charge in [-0.05, 0) is 24.3 Å². The molecule has 0 heterocycles. The molecule has 0 fully saturated rings. The molecule has 10 heteroatoms. The standard InChI is InChI=1S/2C8H5F3O2/c2*9-8(10,11)13-7(12)6-4-2-1-3-5-6/h2*1-5H. The molecule has 26 heavy (non-hydrogen) atoms. The topological polar surface area (TPSA) is 52.6 Å². The van der Waals surface area contributed by atoms with E-state index in [1.54, 1.807) is 12.1 Å². The number of hydrogen-bond donors (Lipinski definition) is 0. The largest absolute Gasteiger partial charge is 0.575 e. The van der Waals surface area contributed by atoms with E-state index >= 15 is 0 Å². The van der Waals surface area contributed by atoms with Crippen LogP contribution >= 0.6 is 0 Å². The van der Waals surface area contributed by atoms with Gasteiger partial charge in [0.15, 0.2) is 0 Å². The number of carbonyl (C=O) groups is 2. The molecular weight excluding hydrogens is 370 g/mol. The highest BCUT2D eigenvalue weighted by Crippen LogP contribution is 2.19. The van der Waals surface area contributed by atoms with Crippen LogP contribution in [-0.4, -0.2) is 24.7 Å². The van der Waals surface area contributed by atoms with Crippen molar-refractivity contribution in [1.82, 2.24) is 0 Å². The third-order valence-corrected chi connectivity index (χ3v) is 2.44. The lowest BCUT2D eigenvalue weighted by Gasteiger charge is -2.06. The van der Waals surface area contributed by atoms with Gasteiger partial charge in [-0.15, -0.1) is 26.3 Å². The maximum Gasteiger partial charge on any atom is 0.575 e. The highest BCUT2D eigenvalue weighted by atomic mass is 19.4. The van der Waals surface area contributed by atoms with Crippen molar-refractivity contribution < 1.29 is 45.4 Å². The van der Waals surface area contributed by atoms with Crippen LogP contribution in [0.2, 0.25) is 0 Å². The summed E-state index contributed by atoms with van der Waals surface area (Å²) >= 11 is 0. The zero-order valence-corrected chi connectivity index (χ0v) is 12.7. The number of halogens is 6. The zero-order chi connectivity index (χ0) is 19.8. The van der Waals surface area contributed by atoms with Gasteiger partial charge in [0.05, 0.1) is 11.1 Å². The molecule has 2 aromatic rings. The van der Waals surface area contributed by atoms with Crippen LogP contribution in [0.3, 0.4) is 0 Å². The first-order valence-corrected chi connectivity index (χ1v) is 6.68. The molecule has 0 spiro atoms.